The van der Waals surface area contributed by atoms with Crippen LogP contribution in [0.1, 0.15) is 30.9 Å². The van der Waals surface area contributed by atoms with Crippen LogP contribution in [0.4, 0.5) is 4.39 Å². The van der Waals surface area contributed by atoms with E-state index in [1.54, 1.807) is 26.0 Å². The molecule has 1 aromatic carbocycles. The van der Waals surface area contributed by atoms with Gasteiger partial charge < -0.3 is 5.11 Å². The summed E-state index contributed by atoms with van der Waals surface area (Å²) in [6, 6.07) is 4.92. The van der Waals surface area contributed by atoms with Crippen LogP contribution in [-0.2, 0) is 4.79 Å². The first-order valence-electron chi connectivity index (χ1n) is 5.66. The molecule has 0 aliphatic heterocycles. The number of hydrogen-bond acceptors (Lipinski definition) is 1. The lowest BCUT2D eigenvalue weighted by atomic mass is 10.0. The average molecular weight is 236 g/mol. The van der Waals surface area contributed by atoms with Gasteiger partial charge in [0.25, 0.3) is 0 Å². The van der Waals surface area contributed by atoms with Gasteiger partial charge in [0.05, 0.1) is 5.92 Å². The standard InChI is InChI=1S/C14H17FO2/c1-10(14(16)17)5-3-4-6-12-7-8-13(15)11(2)9-12/h4,6-10H,3,5H2,1-2H3,(H,16,17)/b6-4+. The third-order valence-electron chi connectivity index (χ3n) is 2.68. The monoisotopic (exact) mass is 236 g/mol. The van der Waals surface area contributed by atoms with Crippen molar-refractivity contribution in [2.75, 3.05) is 0 Å². The number of rotatable bonds is 5. The number of carboxylic acids is 1. The highest BCUT2D eigenvalue weighted by Crippen LogP contribution is 2.12. The molecule has 3 heteroatoms. The van der Waals surface area contributed by atoms with Gasteiger partial charge in [-0.15, -0.1) is 0 Å². The van der Waals surface area contributed by atoms with Gasteiger partial charge in [-0.3, -0.25) is 4.79 Å². The average Bonchev–Trinajstić information content (AvgIpc) is 2.28. The molecule has 1 unspecified atom stereocenters. The van der Waals surface area contributed by atoms with Crippen molar-refractivity contribution in [2.45, 2.75) is 26.7 Å². The molecule has 0 radical (unpaired) electrons. The lowest BCUT2D eigenvalue weighted by Crippen LogP contribution is -2.08. The zero-order valence-electron chi connectivity index (χ0n) is 10.1. The van der Waals surface area contributed by atoms with Crippen LogP contribution in [-0.4, -0.2) is 11.1 Å². The summed E-state index contributed by atoms with van der Waals surface area (Å²) in [5.41, 5.74) is 1.55. The first-order chi connectivity index (χ1) is 8.00. The van der Waals surface area contributed by atoms with E-state index in [9.17, 15) is 9.18 Å². The highest BCUT2D eigenvalue weighted by atomic mass is 19.1. The van der Waals surface area contributed by atoms with Crippen LogP contribution in [0.5, 0.6) is 0 Å². The maximum atomic E-state index is 13.0. The van der Waals surface area contributed by atoms with Crippen LogP contribution >= 0.6 is 0 Å². The Morgan fingerprint density at radius 3 is 2.82 bits per heavy atom. The molecule has 0 bridgehead atoms. The molecule has 1 aromatic rings. The fourth-order valence-corrected chi connectivity index (χ4v) is 1.46. The molecule has 0 saturated carbocycles. The summed E-state index contributed by atoms with van der Waals surface area (Å²) < 4.78 is 13.0. The number of hydrogen-bond donors (Lipinski definition) is 1. The predicted octanol–water partition coefficient (Wildman–Crippen LogP) is 3.65. The van der Waals surface area contributed by atoms with E-state index >= 15 is 0 Å². The van der Waals surface area contributed by atoms with Gasteiger partial charge in [-0.25, -0.2) is 4.39 Å². The zero-order valence-corrected chi connectivity index (χ0v) is 10.1. The summed E-state index contributed by atoms with van der Waals surface area (Å²) in [6.07, 6.45) is 5.14. The Hall–Kier alpha value is -1.64. The van der Waals surface area contributed by atoms with Crippen LogP contribution in [0.3, 0.4) is 0 Å². The molecular formula is C14H17FO2. The van der Waals surface area contributed by atoms with E-state index in [1.165, 1.54) is 6.07 Å². The lowest BCUT2D eigenvalue weighted by molar-refractivity contribution is -0.141. The normalized spacial score (nSPS) is 12.9. The van der Waals surface area contributed by atoms with Gasteiger partial charge in [0.1, 0.15) is 5.82 Å². The summed E-state index contributed by atoms with van der Waals surface area (Å²) in [5, 5.41) is 8.70. The fraction of sp³-hybridized carbons (Fsp3) is 0.357. The number of aliphatic carboxylic acids is 1. The van der Waals surface area contributed by atoms with E-state index in [0.717, 1.165) is 5.56 Å². The van der Waals surface area contributed by atoms with Crippen molar-refractivity contribution in [3.8, 4) is 0 Å². The van der Waals surface area contributed by atoms with Crippen molar-refractivity contribution in [3.05, 3.63) is 41.2 Å². The zero-order chi connectivity index (χ0) is 12.8. The third kappa shape index (κ3) is 4.39. The van der Waals surface area contributed by atoms with Crippen LogP contribution in [0, 0.1) is 18.7 Å². The Kier molecular flexibility index (Phi) is 4.88. The molecule has 1 atom stereocenters. The second-order valence-electron chi connectivity index (χ2n) is 4.23. The first-order valence-corrected chi connectivity index (χ1v) is 5.66. The number of halogens is 1. The highest BCUT2D eigenvalue weighted by Gasteiger charge is 2.08. The molecule has 0 spiro atoms. The van der Waals surface area contributed by atoms with E-state index in [-0.39, 0.29) is 11.7 Å². The third-order valence-corrected chi connectivity index (χ3v) is 2.68. The quantitative estimate of drug-likeness (QED) is 0.847. The van der Waals surface area contributed by atoms with Gasteiger partial charge >= 0.3 is 5.97 Å². The summed E-state index contributed by atoms with van der Waals surface area (Å²) in [6.45, 7) is 3.41. The van der Waals surface area contributed by atoms with Crippen LogP contribution in [0.25, 0.3) is 6.08 Å². The molecule has 0 aliphatic rings. The highest BCUT2D eigenvalue weighted by molar-refractivity contribution is 5.69. The number of aryl methyl sites for hydroxylation is 1. The van der Waals surface area contributed by atoms with E-state index < -0.39 is 5.97 Å². The van der Waals surface area contributed by atoms with Gasteiger partial charge in [0.2, 0.25) is 0 Å². The minimum absolute atomic E-state index is 0.207. The second kappa shape index (κ2) is 6.18. The van der Waals surface area contributed by atoms with Crippen molar-refractivity contribution in [2.24, 2.45) is 5.92 Å². The van der Waals surface area contributed by atoms with E-state index in [4.69, 9.17) is 5.11 Å². The number of carbonyl (C=O) groups is 1. The van der Waals surface area contributed by atoms with Crippen LogP contribution in [0.2, 0.25) is 0 Å². The number of carboxylic acid groups (broad SMARTS) is 1. The number of benzene rings is 1. The second-order valence-corrected chi connectivity index (χ2v) is 4.23. The Morgan fingerprint density at radius 1 is 1.53 bits per heavy atom. The number of allylic oxidation sites excluding steroid dienone is 1. The van der Waals surface area contributed by atoms with Gasteiger partial charge in [-0.05, 0) is 43.0 Å². The summed E-state index contributed by atoms with van der Waals surface area (Å²) >= 11 is 0. The summed E-state index contributed by atoms with van der Waals surface area (Å²) in [5.74, 6) is -1.30. The molecule has 0 heterocycles. The fourth-order valence-electron chi connectivity index (χ4n) is 1.46. The molecule has 1 rings (SSSR count). The molecule has 92 valence electrons. The van der Waals surface area contributed by atoms with Crippen LogP contribution < -0.4 is 0 Å². The molecule has 0 aromatic heterocycles. The van der Waals surface area contributed by atoms with Gasteiger partial charge in [-0.2, -0.15) is 0 Å². The predicted molar refractivity (Wildman–Crippen MR) is 66.2 cm³/mol. The molecule has 0 amide bonds. The lowest BCUT2D eigenvalue weighted by Gasteiger charge is -2.02. The smallest absolute Gasteiger partial charge is 0.306 e. The molecule has 0 saturated heterocycles. The maximum Gasteiger partial charge on any atom is 0.306 e. The Labute approximate surface area is 101 Å². The molecule has 2 nitrogen and oxygen atoms in total. The van der Waals surface area contributed by atoms with Crippen molar-refractivity contribution in [3.63, 3.8) is 0 Å². The maximum absolute atomic E-state index is 13.0. The van der Waals surface area contributed by atoms with Crippen LogP contribution in [0.15, 0.2) is 24.3 Å². The van der Waals surface area contributed by atoms with Crippen molar-refractivity contribution < 1.29 is 14.3 Å². The van der Waals surface area contributed by atoms with Gasteiger partial charge in [0.15, 0.2) is 0 Å². The first kappa shape index (κ1) is 13.4. The SMILES string of the molecule is Cc1cc(/C=C/CCC(C)C(=O)O)ccc1F. The largest absolute Gasteiger partial charge is 0.481 e. The molecule has 0 aliphatic carbocycles. The molecule has 1 N–H and O–H groups in total. The van der Waals surface area contributed by atoms with Gasteiger partial charge in [-0.1, -0.05) is 25.1 Å². The van der Waals surface area contributed by atoms with Crippen molar-refractivity contribution >= 4 is 12.0 Å². The molecular weight excluding hydrogens is 219 g/mol. The van der Waals surface area contributed by atoms with Crippen molar-refractivity contribution in [1.82, 2.24) is 0 Å². The van der Waals surface area contributed by atoms with Gasteiger partial charge in [0, 0.05) is 0 Å². The minimum atomic E-state index is -0.768. The van der Waals surface area contributed by atoms with E-state index in [0.29, 0.717) is 18.4 Å². The van der Waals surface area contributed by atoms with E-state index in [1.807, 2.05) is 12.2 Å². The molecule has 0 fully saturated rings. The summed E-state index contributed by atoms with van der Waals surface area (Å²) in [4.78, 5) is 10.6. The minimum Gasteiger partial charge on any atom is -0.481 e. The molecule has 17 heavy (non-hydrogen) atoms. The van der Waals surface area contributed by atoms with Crippen molar-refractivity contribution in [1.29, 1.82) is 0 Å². The Balaban J connectivity index is 2.48. The Morgan fingerprint density at radius 2 is 2.24 bits per heavy atom. The Bertz CT molecular complexity index is 424. The van der Waals surface area contributed by atoms with E-state index in [2.05, 4.69) is 0 Å². The topological polar surface area (TPSA) is 37.3 Å². The summed E-state index contributed by atoms with van der Waals surface area (Å²) in [7, 11) is 0.